The normalized spacial score (nSPS) is 16.5. The molecule has 2 fully saturated rings. The van der Waals surface area contributed by atoms with Gasteiger partial charge in [-0.1, -0.05) is 11.6 Å². The van der Waals surface area contributed by atoms with Gasteiger partial charge in [-0.25, -0.2) is 14.8 Å². The molecule has 2 amide bonds. The van der Waals surface area contributed by atoms with E-state index in [1.807, 2.05) is 35.8 Å². The maximum atomic E-state index is 12.1. The summed E-state index contributed by atoms with van der Waals surface area (Å²) in [6.45, 7) is 5.76. The molecule has 1 aromatic carbocycles. The number of fused-ring (bicyclic) bond motifs is 1. The molecule has 1 aliphatic carbocycles. The highest BCUT2D eigenvalue weighted by atomic mass is 35.5. The number of imidazole rings is 1. The van der Waals surface area contributed by atoms with Crippen LogP contribution in [0.1, 0.15) is 31.0 Å². The first-order chi connectivity index (χ1) is 16.9. The topological polar surface area (TPSA) is 98.1 Å². The van der Waals surface area contributed by atoms with Crippen molar-refractivity contribution in [2.24, 2.45) is 0 Å². The number of aryl methyl sites for hydroxylation is 1. The van der Waals surface area contributed by atoms with E-state index in [-0.39, 0.29) is 11.6 Å². The molecular formula is C25H24ClN7O2. The second-order valence-electron chi connectivity index (χ2n) is 9.30. The van der Waals surface area contributed by atoms with Gasteiger partial charge in [-0.3, -0.25) is 9.88 Å². The van der Waals surface area contributed by atoms with E-state index in [4.69, 9.17) is 21.3 Å². The van der Waals surface area contributed by atoms with Gasteiger partial charge in [0.2, 0.25) is 5.88 Å². The zero-order valence-electron chi connectivity index (χ0n) is 19.5. The minimum Gasteiger partial charge on any atom is -0.470 e. The molecule has 35 heavy (non-hydrogen) atoms. The highest BCUT2D eigenvalue weighted by Gasteiger charge is 2.41. The van der Waals surface area contributed by atoms with E-state index in [9.17, 15) is 4.79 Å². The van der Waals surface area contributed by atoms with Crippen LogP contribution in [-0.2, 0) is 6.54 Å². The van der Waals surface area contributed by atoms with E-state index >= 15 is 0 Å². The Balaban J connectivity index is 1.48. The second-order valence-corrected chi connectivity index (χ2v) is 9.70. The number of aromatic nitrogens is 5. The SMILES string of the molecule is Cc1ccnc(Cn2c(-c3ccc(N4CCNC4=O)cc3Cl)nc3c(OC4(C)CC4)ncnc32)c1. The number of amides is 2. The molecule has 0 spiro atoms. The van der Waals surface area contributed by atoms with E-state index < -0.39 is 0 Å². The lowest BCUT2D eigenvalue weighted by Gasteiger charge is -2.16. The lowest BCUT2D eigenvalue weighted by molar-refractivity contribution is 0.194. The van der Waals surface area contributed by atoms with Crippen LogP contribution in [0.3, 0.4) is 0 Å². The third-order valence-corrected chi connectivity index (χ3v) is 6.76. The van der Waals surface area contributed by atoms with E-state index in [1.54, 1.807) is 17.2 Å². The summed E-state index contributed by atoms with van der Waals surface area (Å²) in [4.78, 5) is 32.2. The smallest absolute Gasteiger partial charge is 0.321 e. The highest BCUT2D eigenvalue weighted by molar-refractivity contribution is 6.33. The molecule has 1 aliphatic heterocycles. The maximum Gasteiger partial charge on any atom is 0.321 e. The number of hydrogen-bond acceptors (Lipinski definition) is 6. The van der Waals surface area contributed by atoms with Gasteiger partial charge < -0.3 is 14.6 Å². The predicted octanol–water partition coefficient (Wildman–Crippen LogP) is 4.36. The summed E-state index contributed by atoms with van der Waals surface area (Å²) in [7, 11) is 0. The summed E-state index contributed by atoms with van der Waals surface area (Å²) >= 11 is 6.78. The number of rotatable bonds is 6. The van der Waals surface area contributed by atoms with E-state index in [0.717, 1.165) is 35.3 Å². The van der Waals surface area contributed by atoms with Crippen LogP contribution in [0, 0.1) is 6.92 Å². The van der Waals surface area contributed by atoms with Crippen molar-refractivity contribution in [2.75, 3.05) is 18.0 Å². The Labute approximate surface area is 207 Å². The van der Waals surface area contributed by atoms with Crippen LogP contribution in [0.2, 0.25) is 5.02 Å². The number of nitrogens with zero attached hydrogens (tertiary/aromatic N) is 6. The van der Waals surface area contributed by atoms with Crippen LogP contribution in [-0.4, -0.2) is 49.2 Å². The zero-order valence-corrected chi connectivity index (χ0v) is 20.2. The van der Waals surface area contributed by atoms with Gasteiger partial charge in [-0.15, -0.1) is 0 Å². The number of anilines is 1. The molecule has 4 heterocycles. The number of benzene rings is 1. The Kier molecular flexibility index (Phi) is 5.10. The molecule has 0 atom stereocenters. The molecule has 1 saturated carbocycles. The third-order valence-electron chi connectivity index (χ3n) is 6.45. The van der Waals surface area contributed by atoms with E-state index in [0.29, 0.717) is 47.5 Å². The van der Waals surface area contributed by atoms with Crippen molar-refractivity contribution >= 4 is 34.5 Å². The molecule has 0 bridgehead atoms. The molecular weight excluding hydrogens is 466 g/mol. The molecule has 6 rings (SSSR count). The minimum atomic E-state index is -0.209. The van der Waals surface area contributed by atoms with E-state index in [1.165, 1.54) is 6.33 Å². The average molecular weight is 490 g/mol. The van der Waals surface area contributed by atoms with Gasteiger partial charge >= 0.3 is 6.03 Å². The molecule has 10 heteroatoms. The number of hydrogen-bond donors (Lipinski definition) is 1. The fraction of sp³-hybridized carbons (Fsp3) is 0.320. The van der Waals surface area contributed by atoms with Crippen molar-refractivity contribution in [2.45, 2.75) is 38.8 Å². The molecule has 0 radical (unpaired) electrons. The highest BCUT2D eigenvalue weighted by Crippen LogP contribution is 2.41. The second kappa shape index (κ2) is 8.20. The fourth-order valence-electron chi connectivity index (χ4n) is 4.28. The third kappa shape index (κ3) is 4.05. The Bertz CT molecular complexity index is 1460. The molecule has 2 aliphatic rings. The maximum absolute atomic E-state index is 12.1. The molecule has 3 aromatic heterocycles. The Morgan fingerprint density at radius 2 is 2.03 bits per heavy atom. The molecule has 1 N–H and O–H groups in total. The number of halogens is 1. The summed E-state index contributed by atoms with van der Waals surface area (Å²) in [6.07, 6.45) is 5.27. The number of ether oxygens (including phenoxy) is 1. The molecule has 1 saturated heterocycles. The Hall–Kier alpha value is -3.72. The lowest BCUT2D eigenvalue weighted by Crippen LogP contribution is -2.27. The summed E-state index contributed by atoms with van der Waals surface area (Å²) in [5, 5.41) is 3.30. The van der Waals surface area contributed by atoms with Crippen molar-refractivity contribution in [3.8, 4) is 17.3 Å². The van der Waals surface area contributed by atoms with Crippen molar-refractivity contribution in [3.63, 3.8) is 0 Å². The van der Waals surface area contributed by atoms with Crippen molar-refractivity contribution in [1.29, 1.82) is 0 Å². The van der Waals surface area contributed by atoms with Crippen LogP contribution in [0.25, 0.3) is 22.6 Å². The van der Waals surface area contributed by atoms with Gasteiger partial charge in [0.25, 0.3) is 0 Å². The molecule has 9 nitrogen and oxygen atoms in total. The first-order valence-electron chi connectivity index (χ1n) is 11.6. The van der Waals surface area contributed by atoms with Gasteiger partial charge in [-0.2, -0.15) is 4.98 Å². The molecule has 0 unspecified atom stereocenters. The summed E-state index contributed by atoms with van der Waals surface area (Å²) in [6, 6.07) is 9.44. The largest absolute Gasteiger partial charge is 0.470 e. The summed E-state index contributed by atoms with van der Waals surface area (Å²) in [5.41, 5.74) is 4.49. The number of urea groups is 1. The quantitative estimate of drug-likeness (QED) is 0.432. The average Bonchev–Trinajstić information content (AvgIpc) is 3.22. The first-order valence-corrected chi connectivity index (χ1v) is 12.0. The number of pyridine rings is 1. The van der Waals surface area contributed by atoms with Crippen LogP contribution in [0.5, 0.6) is 5.88 Å². The first kappa shape index (κ1) is 21.8. The molecule has 4 aromatic rings. The zero-order chi connectivity index (χ0) is 24.2. The van der Waals surface area contributed by atoms with Gasteiger partial charge in [0, 0.05) is 30.5 Å². The van der Waals surface area contributed by atoms with Crippen molar-refractivity contribution in [1.82, 2.24) is 29.8 Å². The van der Waals surface area contributed by atoms with E-state index in [2.05, 4.69) is 27.2 Å². The summed E-state index contributed by atoms with van der Waals surface area (Å²) < 4.78 is 8.19. The standard InChI is InChI=1S/C25H24ClN7O2/c1-15-5-8-27-16(11-15)13-33-21(18-4-3-17(12-19(18)26)32-10-9-28-24(32)34)31-20-22(33)29-14-30-23(20)35-25(2)6-7-25/h3-5,8,11-12,14H,6-7,9-10,13H2,1-2H3,(H,28,34). The minimum absolute atomic E-state index is 0.128. The number of nitrogens with one attached hydrogen (secondary N) is 1. The number of carbonyl (C=O) groups excluding carboxylic acids is 1. The number of carbonyl (C=O) groups is 1. The van der Waals surface area contributed by atoms with Crippen LogP contribution in [0.15, 0.2) is 42.9 Å². The van der Waals surface area contributed by atoms with Gasteiger partial charge in [-0.05, 0) is 62.6 Å². The predicted molar refractivity (Wildman–Crippen MR) is 133 cm³/mol. The fourth-order valence-corrected chi connectivity index (χ4v) is 4.54. The van der Waals surface area contributed by atoms with Crippen LogP contribution >= 0.6 is 11.6 Å². The van der Waals surface area contributed by atoms with Crippen LogP contribution < -0.4 is 15.0 Å². The molecule has 178 valence electrons. The van der Waals surface area contributed by atoms with Gasteiger partial charge in [0.15, 0.2) is 11.2 Å². The van der Waals surface area contributed by atoms with Crippen molar-refractivity contribution < 1.29 is 9.53 Å². The van der Waals surface area contributed by atoms with Gasteiger partial charge in [0.1, 0.15) is 17.8 Å². The Morgan fingerprint density at radius 3 is 2.74 bits per heavy atom. The monoisotopic (exact) mass is 489 g/mol. The van der Waals surface area contributed by atoms with Crippen LogP contribution in [0.4, 0.5) is 10.5 Å². The van der Waals surface area contributed by atoms with Crippen molar-refractivity contribution in [3.05, 3.63) is 59.1 Å². The Morgan fingerprint density at radius 1 is 1.17 bits per heavy atom. The lowest BCUT2D eigenvalue weighted by atomic mass is 10.1. The summed E-state index contributed by atoms with van der Waals surface area (Å²) in [5.74, 6) is 1.10. The van der Waals surface area contributed by atoms with Gasteiger partial charge in [0.05, 0.1) is 17.3 Å².